The van der Waals surface area contributed by atoms with Gasteiger partial charge in [0.05, 0.1) is 18.9 Å². The zero-order chi connectivity index (χ0) is 16.4. The maximum Gasteiger partial charge on any atom is 0.193 e. The number of ether oxygens (including phenoxy) is 1. The predicted octanol–water partition coefficient (Wildman–Crippen LogP) is 2.87. The molecule has 4 rings (SSSR count). The Kier molecular flexibility index (Phi) is 4.42. The van der Waals surface area contributed by atoms with Gasteiger partial charge in [-0.2, -0.15) is 0 Å². The van der Waals surface area contributed by atoms with E-state index in [1.54, 1.807) is 11.3 Å². The molecule has 1 aromatic carbocycles. The lowest BCUT2D eigenvalue weighted by atomic mass is 10.0. The van der Waals surface area contributed by atoms with E-state index >= 15 is 0 Å². The molecule has 124 valence electrons. The number of carbonyl (C=O) groups excluding carboxylic acids is 1. The normalized spacial score (nSPS) is 18.9. The number of carbonyl (C=O) groups is 1. The molecule has 1 fully saturated rings. The first-order valence-corrected chi connectivity index (χ1v) is 8.99. The van der Waals surface area contributed by atoms with Gasteiger partial charge in [0.15, 0.2) is 10.7 Å². The Bertz CT molecular complexity index is 799. The summed E-state index contributed by atoms with van der Waals surface area (Å²) in [4.78, 5) is 20.5. The molecule has 1 aliphatic rings. The van der Waals surface area contributed by atoms with Crippen LogP contribution in [0.15, 0.2) is 48.1 Å². The molecule has 6 heteroatoms. The Morgan fingerprint density at radius 3 is 3.04 bits per heavy atom. The lowest BCUT2D eigenvalue weighted by Crippen LogP contribution is -2.45. The van der Waals surface area contributed by atoms with Gasteiger partial charge in [0, 0.05) is 48.9 Å². The van der Waals surface area contributed by atoms with Crippen LogP contribution in [0.3, 0.4) is 0 Å². The highest BCUT2D eigenvalue weighted by Crippen LogP contribution is 2.18. The van der Waals surface area contributed by atoms with Gasteiger partial charge >= 0.3 is 0 Å². The Balaban J connectivity index is 1.46. The molecule has 1 atom stereocenters. The van der Waals surface area contributed by atoms with Gasteiger partial charge in [-0.05, 0) is 0 Å². The minimum Gasteiger partial charge on any atom is -0.378 e. The van der Waals surface area contributed by atoms with Crippen LogP contribution in [-0.2, 0) is 11.3 Å². The molecule has 0 aliphatic carbocycles. The van der Waals surface area contributed by atoms with Crippen molar-refractivity contribution in [3.05, 3.63) is 59.4 Å². The van der Waals surface area contributed by atoms with Gasteiger partial charge < -0.3 is 4.74 Å². The van der Waals surface area contributed by atoms with Gasteiger partial charge in [0.25, 0.3) is 0 Å². The minimum absolute atomic E-state index is 0.103. The van der Waals surface area contributed by atoms with E-state index in [4.69, 9.17) is 4.74 Å². The summed E-state index contributed by atoms with van der Waals surface area (Å²) in [6, 6.07) is 9.59. The third kappa shape index (κ3) is 3.26. The molecule has 24 heavy (non-hydrogen) atoms. The molecular weight excluding hydrogens is 322 g/mol. The number of ketones is 1. The third-order valence-electron chi connectivity index (χ3n) is 4.37. The number of hydrogen-bond donors (Lipinski definition) is 0. The van der Waals surface area contributed by atoms with E-state index in [-0.39, 0.29) is 11.8 Å². The van der Waals surface area contributed by atoms with Crippen molar-refractivity contribution in [2.75, 3.05) is 19.8 Å². The molecule has 0 spiro atoms. The smallest absolute Gasteiger partial charge is 0.193 e. The fraction of sp³-hybridized carbons (Fsp3) is 0.333. The molecule has 0 N–H and O–H groups in total. The third-order valence-corrected chi connectivity index (χ3v) is 5.15. The molecule has 0 saturated carbocycles. The quantitative estimate of drug-likeness (QED) is 0.670. The summed E-state index contributed by atoms with van der Waals surface area (Å²) in [7, 11) is 0. The fourth-order valence-corrected chi connectivity index (χ4v) is 3.82. The number of hydrogen-bond acceptors (Lipinski definition) is 5. The van der Waals surface area contributed by atoms with Crippen molar-refractivity contribution >= 4 is 22.1 Å². The van der Waals surface area contributed by atoms with Crippen molar-refractivity contribution in [3.63, 3.8) is 0 Å². The summed E-state index contributed by atoms with van der Waals surface area (Å²) >= 11 is 1.63. The Morgan fingerprint density at radius 2 is 2.21 bits per heavy atom. The monoisotopic (exact) mass is 341 g/mol. The van der Waals surface area contributed by atoms with Crippen LogP contribution in [0.2, 0.25) is 0 Å². The number of Topliss-reactive ketones (excluding diaryl/α,β-unsaturated/α-hetero) is 1. The molecule has 5 nitrogen and oxygen atoms in total. The summed E-state index contributed by atoms with van der Waals surface area (Å²) in [6.45, 7) is 2.89. The zero-order valence-corrected chi connectivity index (χ0v) is 14.1. The molecule has 2 aromatic heterocycles. The highest BCUT2D eigenvalue weighted by atomic mass is 32.1. The summed E-state index contributed by atoms with van der Waals surface area (Å²) in [6.07, 6.45) is 4.57. The zero-order valence-electron chi connectivity index (χ0n) is 13.3. The molecule has 3 aromatic rings. The second kappa shape index (κ2) is 6.84. The van der Waals surface area contributed by atoms with Crippen LogP contribution in [0.25, 0.3) is 4.96 Å². The second-order valence-electron chi connectivity index (χ2n) is 6.02. The standard InChI is InChI=1S/C18H19N3O2S/c22-17(14-4-2-1-3-5-14)10-16-13-23-8-6-20(16)11-15-12-21-7-9-24-18(21)19-15/h1-5,7,9,12,16H,6,8,10-11,13H2. The van der Waals surface area contributed by atoms with Crippen LogP contribution in [0.1, 0.15) is 22.5 Å². The van der Waals surface area contributed by atoms with Gasteiger partial charge in [-0.3, -0.25) is 14.1 Å². The van der Waals surface area contributed by atoms with Gasteiger partial charge in [-0.1, -0.05) is 30.3 Å². The van der Waals surface area contributed by atoms with Crippen molar-refractivity contribution in [2.45, 2.75) is 19.0 Å². The van der Waals surface area contributed by atoms with E-state index in [0.29, 0.717) is 19.6 Å². The lowest BCUT2D eigenvalue weighted by molar-refractivity contribution is -0.0130. The summed E-state index contributed by atoms with van der Waals surface area (Å²) in [5.41, 5.74) is 1.81. The highest BCUT2D eigenvalue weighted by Gasteiger charge is 2.26. The first-order valence-electron chi connectivity index (χ1n) is 8.11. The van der Waals surface area contributed by atoms with Crippen molar-refractivity contribution in [1.29, 1.82) is 0 Å². The largest absolute Gasteiger partial charge is 0.378 e. The first-order chi connectivity index (χ1) is 11.8. The van der Waals surface area contributed by atoms with E-state index in [1.165, 1.54) is 0 Å². The van der Waals surface area contributed by atoms with Crippen molar-refractivity contribution in [2.24, 2.45) is 0 Å². The van der Waals surface area contributed by atoms with Crippen molar-refractivity contribution in [1.82, 2.24) is 14.3 Å². The van der Waals surface area contributed by atoms with E-state index in [1.807, 2.05) is 46.3 Å². The fourth-order valence-electron chi connectivity index (χ4n) is 3.10. The number of morpholine rings is 1. The Hall–Kier alpha value is -2.02. The molecular formula is C18H19N3O2S. The van der Waals surface area contributed by atoms with E-state index in [2.05, 4.69) is 16.1 Å². The summed E-state index contributed by atoms with van der Waals surface area (Å²) < 4.78 is 7.66. The van der Waals surface area contributed by atoms with Crippen LogP contribution in [0.5, 0.6) is 0 Å². The van der Waals surface area contributed by atoms with E-state index in [9.17, 15) is 4.79 Å². The minimum atomic E-state index is 0.103. The van der Waals surface area contributed by atoms with Crippen molar-refractivity contribution in [3.8, 4) is 0 Å². The van der Waals surface area contributed by atoms with Crippen LogP contribution in [0, 0.1) is 0 Å². The topological polar surface area (TPSA) is 46.8 Å². The average molecular weight is 341 g/mol. The molecule has 1 saturated heterocycles. The molecule has 1 unspecified atom stereocenters. The number of fused-ring (bicyclic) bond motifs is 1. The molecule has 0 radical (unpaired) electrons. The lowest BCUT2D eigenvalue weighted by Gasteiger charge is -2.34. The summed E-state index contributed by atoms with van der Waals surface area (Å²) in [5, 5.41) is 2.03. The molecule has 1 aliphatic heterocycles. The maximum atomic E-state index is 12.5. The molecule has 0 amide bonds. The van der Waals surface area contributed by atoms with Gasteiger partial charge in [-0.15, -0.1) is 11.3 Å². The Labute approximate surface area is 144 Å². The first kappa shape index (κ1) is 15.5. The highest BCUT2D eigenvalue weighted by molar-refractivity contribution is 7.15. The number of aromatic nitrogens is 2. The maximum absolute atomic E-state index is 12.5. The molecule has 0 bridgehead atoms. The SMILES string of the molecule is O=C(CC1COCCN1Cc1cn2ccsc2n1)c1ccccc1. The second-order valence-corrected chi connectivity index (χ2v) is 6.89. The number of thiazole rings is 1. The number of rotatable bonds is 5. The van der Waals surface area contributed by atoms with Gasteiger partial charge in [0.2, 0.25) is 0 Å². The van der Waals surface area contributed by atoms with E-state index in [0.717, 1.165) is 29.3 Å². The Morgan fingerprint density at radius 1 is 1.33 bits per heavy atom. The van der Waals surface area contributed by atoms with Crippen LogP contribution in [-0.4, -0.2) is 45.9 Å². The van der Waals surface area contributed by atoms with Crippen LogP contribution >= 0.6 is 11.3 Å². The predicted molar refractivity (Wildman–Crippen MR) is 93.5 cm³/mol. The number of nitrogens with zero attached hydrogens (tertiary/aromatic N) is 3. The number of imidazole rings is 1. The van der Waals surface area contributed by atoms with Crippen molar-refractivity contribution < 1.29 is 9.53 Å². The number of benzene rings is 1. The van der Waals surface area contributed by atoms with Gasteiger partial charge in [0.1, 0.15) is 0 Å². The van der Waals surface area contributed by atoms with Crippen LogP contribution in [0.4, 0.5) is 0 Å². The van der Waals surface area contributed by atoms with E-state index < -0.39 is 0 Å². The van der Waals surface area contributed by atoms with Crippen LogP contribution < -0.4 is 0 Å². The van der Waals surface area contributed by atoms with Gasteiger partial charge in [-0.25, -0.2) is 4.98 Å². The summed E-state index contributed by atoms with van der Waals surface area (Å²) in [5.74, 6) is 0.168. The average Bonchev–Trinajstić information content (AvgIpc) is 3.19. The molecule has 3 heterocycles.